The lowest BCUT2D eigenvalue weighted by atomic mass is 10.1. The van der Waals surface area contributed by atoms with Crippen LogP contribution in [-0.2, 0) is 0 Å². The van der Waals surface area contributed by atoms with E-state index in [-0.39, 0.29) is 0 Å². The monoisotopic (exact) mass is 170 g/mol. The summed E-state index contributed by atoms with van der Waals surface area (Å²) in [6.45, 7) is 7.67. The van der Waals surface area contributed by atoms with Crippen molar-refractivity contribution in [3.8, 4) is 0 Å². The normalized spacial score (nSPS) is 22.2. The SMILES string of the molecule is CCC(C)CNCC1(CN)CC1. The van der Waals surface area contributed by atoms with Crippen LogP contribution in [0.4, 0.5) is 0 Å². The van der Waals surface area contributed by atoms with Gasteiger partial charge in [-0.05, 0) is 37.3 Å². The Balaban J connectivity index is 2.02. The maximum atomic E-state index is 5.68. The molecule has 1 atom stereocenters. The van der Waals surface area contributed by atoms with E-state index in [1.807, 2.05) is 0 Å². The Labute approximate surface area is 75.9 Å². The molecule has 0 aliphatic heterocycles. The van der Waals surface area contributed by atoms with E-state index in [0.717, 1.165) is 25.6 Å². The molecule has 12 heavy (non-hydrogen) atoms. The minimum atomic E-state index is 0.494. The molecule has 2 heteroatoms. The van der Waals surface area contributed by atoms with Crippen LogP contribution in [0.5, 0.6) is 0 Å². The summed E-state index contributed by atoms with van der Waals surface area (Å²) in [7, 11) is 0. The van der Waals surface area contributed by atoms with Crippen molar-refractivity contribution in [2.24, 2.45) is 17.1 Å². The van der Waals surface area contributed by atoms with E-state index < -0.39 is 0 Å². The van der Waals surface area contributed by atoms with E-state index in [1.54, 1.807) is 0 Å². The fourth-order valence-electron chi connectivity index (χ4n) is 1.36. The van der Waals surface area contributed by atoms with Gasteiger partial charge in [-0.1, -0.05) is 20.3 Å². The minimum absolute atomic E-state index is 0.494. The summed E-state index contributed by atoms with van der Waals surface area (Å²) in [5.41, 5.74) is 6.17. The number of hydrogen-bond donors (Lipinski definition) is 2. The van der Waals surface area contributed by atoms with Crippen molar-refractivity contribution in [3.05, 3.63) is 0 Å². The average Bonchev–Trinajstić information content (AvgIpc) is 2.85. The van der Waals surface area contributed by atoms with E-state index in [2.05, 4.69) is 19.2 Å². The average molecular weight is 170 g/mol. The van der Waals surface area contributed by atoms with Crippen molar-refractivity contribution in [2.45, 2.75) is 33.1 Å². The fourth-order valence-corrected chi connectivity index (χ4v) is 1.36. The summed E-state index contributed by atoms with van der Waals surface area (Å²) in [5, 5.41) is 3.51. The van der Waals surface area contributed by atoms with Gasteiger partial charge >= 0.3 is 0 Å². The molecule has 0 aromatic rings. The van der Waals surface area contributed by atoms with Crippen molar-refractivity contribution >= 4 is 0 Å². The van der Waals surface area contributed by atoms with Gasteiger partial charge in [-0.2, -0.15) is 0 Å². The third-order valence-electron chi connectivity index (χ3n) is 3.08. The fraction of sp³-hybridized carbons (Fsp3) is 1.00. The highest BCUT2D eigenvalue weighted by molar-refractivity contribution is 4.95. The zero-order valence-electron chi connectivity index (χ0n) is 8.40. The molecule has 72 valence electrons. The Morgan fingerprint density at radius 2 is 2.17 bits per heavy atom. The molecule has 0 aromatic carbocycles. The molecule has 0 spiro atoms. The zero-order chi connectivity index (χ0) is 9.03. The minimum Gasteiger partial charge on any atom is -0.330 e. The van der Waals surface area contributed by atoms with Gasteiger partial charge in [0, 0.05) is 6.54 Å². The van der Waals surface area contributed by atoms with Gasteiger partial charge < -0.3 is 11.1 Å². The first kappa shape index (κ1) is 10.0. The molecule has 0 radical (unpaired) electrons. The van der Waals surface area contributed by atoms with Crippen LogP contribution in [0.2, 0.25) is 0 Å². The summed E-state index contributed by atoms with van der Waals surface area (Å²) in [4.78, 5) is 0. The molecule has 0 bridgehead atoms. The molecule has 1 rings (SSSR count). The molecular weight excluding hydrogens is 148 g/mol. The van der Waals surface area contributed by atoms with Crippen molar-refractivity contribution in [3.63, 3.8) is 0 Å². The predicted octanol–water partition coefficient (Wildman–Crippen LogP) is 1.36. The van der Waals surface area contributed by atoms with Crippen LogP contribution in [-0.4, -0.2) is 19.6 Å². The summed E-state index contributed by atoms with van der Waals surface area (Å²) in [5.74, 6) is 0.804. The third kappa shape index (κ3) is 2.76. The second kappa shape index (κ2) is 4.24. The molecule has 1 saturated carbocycles. The number of hydrogen-bond acceptors (Lipinski definition) is 2. The molecule has 2 nitrogen and oxygen atoms in total. The molecule has 1 aliphatic rings. The van der Waals surface area contributed by atoms with Crippen LogP contribution in [0.15, 0.2) is 0 Å². The van der Waals surface area contributed by atoms with Gasteiger partial charge in [-0.25, -0.2) is 0 Å². The first-order chi connectivity index (χ1) is 5.72. The highest BCUT2D eigenvalue weighted by Crippen LogP contribution is 2.43. The maximum Gasteiger partial charge on any atom is 0.00200 e. The van der Waals surface area contributed by atoms with Crippen molar-refractivity contribution in [1.29, 1.82) is 0 Å². The van der Waals surface area contributed by atoms with Crippen LogP contribution in [0.3, 0.4) is 0 Å². The Morgan fingerprint density at radius 1 is 1.50 bits per heavy atom. The lowest BCUT2D eigenvalue weighted by molar-refractivity contribution is 0.425. The molecule has 0 aromatic heterocycles. The highest BCUT2D eigenvalue weighted by atomic mass is 14.9. The van der Waals surface area contributed by atoms with Gasteiger partial charge in [0.25, 0.3) is 0 Å². The molecule has 1 fully saturated rings. The predicted molar refractivity (Wildman–Crippen MR) is 53.0 cm³/mol. The first-order valence-corrected chi connectivity index (χ1v) is 5.13. The second-order valence-electron chi connectivity index (χ2n) is 4.35. The van der Waals surface area contributed by atoms with Gasteiger partial charge in [0.1, 0.15) is 0 Å². The number of rotatable bonds is 6. The standard InChI is InChI=1S/C10H22N2/c1-3-9(2)6-12-8-10(7-11)4-5-10/h9,12H,3-8,11H2,1-2H3. The third-order valence-corrected chi connectivity index (χ3v) is 3.08. The Bertz CT molecular complexity index is 130. The van der Waals surface area contributed by atoms with Gasteiger partial charge in [-0.3, -0.25) is 0 Å². The molecule has 1 aliphatic carbocycles. The van der Waals surface area contributed by atoms with Crippen LogP contribution in [0.1, 0.15) is 33.1 Å². The van der Waals surface area contributed by atoms with Gasteiger partial charge in [0.2, 0.25) is 0 Å². The summed E-state index contributed by atoms with van der Waals surface area (Å²) in [6, 6.07) is 0. The van der Waals surface area contributed by atoms with Crippen LogP contribution >= 0.6 is 0 Å². The quantitative estimate of drug-likeness (QED) is 0.631. The molecule has 1 unspecified atom stereocenters. The van der Waals surface area contributed by atoms with E-state index in [4.69, 9.17) is 5.73 Å². The maximum absolute atomic E-state index is 5.68. The first-order valence-electron chi connectivity index (χ1n) is 5.13. The van der Waals surface area contributed by atoms with Crippen LogP contribution in [0.25, 0.3) is 0 Å². The van der Waals surface area contributed by atoms with Crippen molar-refractivity contribution in [2.75, 3.05) is 19.6 Å². The number of nitrogens with two attached hydrogens (primary N) is 1. The Hall–Kier alpha value is -0.0800. The topological polar surface area (TPSA) is 38.0 Å². The largest absolute Gasteiger partial charge is 0.330 e. The molecular formula is C10H22N2. The molecule has 0 saturated heterocycles. The van der Waals surface area contributed by atoms with E-state index >= 15 is 0 Å². The smallest absolute Gasteiger partial charge is 0.00200 e. The van der Waals surface area contributed by atoms with Gasteiger partial charge in [0.05, 0.1) is 0 Å². The van der Waals surface area contributed by atoms with Crippen LogP contribution in [0, 0.1) is 11.3 Å². The molecule has 0 heterocycles. The van der Waals surface area contributed by atoms with Crippen molar-refractivity contribution < 1.29 is 0 Å². The van der Waals surface area contributed by atoms with Crippen molar-refractivity contribution in [1.82, 2.24) is 5.32 Å². The van der Waals surface area contributed by atoms with Crippen LogP contribution < -0.4 is 11.1 Å². The van der Waals surface area contributed by atoms with Gasteiger partial charge in [-0.15, -0.1) is 0 Å². The number of nitrogens with one attached hydrogen (secondary N) is 1. The van der Waals surface area contributed by atoms with E-state index in [1.165, 1.54) is 19.3 Å². The lowest BCUT2D eigenvalue weighted by Crippen LogP contribution is -2.32. The van der Waals surface area contributed by atoms with Gasteiger partial charge in [0.15, 0.2) is 0 Å². The second-order valence-corrected chi connectivity index (χ2v) is 4.35. The Kier molecular flexibility index (Phi) is 3.53. The van der Waals surface area contributed by atoms with E-state index in [0.29, 0.717) is 5.41 Å². The molecule has 0 amide bonds. The summed E-state index contributed by atoms with van der Waals surface area (Å²) in [6.07, 6.45) is 3.93. The summed E-state index contributed by atoms with van der Waals surface area (Å²) < 4.78 is 0. The highest BCUT2D eigenvalue weighted by Gasteiger charge is 2.40. The zero-order valence-corrected chi connectivity index (χ0v) is 8.40. The summed E-state index contributed by atoms with van der Waals surface area (Å²) >= 11 is 0. The molecule has 3 N–H and O–H groups in total. The lowest BCUT2D eigenvalue weighted by Gasteiger charge is -2.15. The Morgan fingerprint density at radius 3 is 2.58 bits per heavy atom. The van der Waals surface area contributed by atoms with E-state index in [9.17, 15) is 0 Å².